The third kappa shape index (κ3) is 3.73. The minimum atomic E-state index is 0.224. The van der Waals surface area contributed by atoms with Gasteiger partial charge in [0.25, 0.3) is 0 Å². The van der Waals surface area contributed by atoms with Gasteiger partial charge in [-0.1, -0.05) is 11.6 Å². The molecule has 1 N–H and O–H groups in total. The molecular weight excluding hydrogens is 212 g/mol. The van der Waals surface area contributed by atoms with Crippen LogP contribution >= 0.6 is 11.6 Å². The van der Waals surface area contributed by atoms with Crippen LogP contribution in [-0.4, -0.2) is 18.3 Å². The van der Waals surface area contributed by atoms with Crippen LogP contribution in [0.15, 0.2) is 12.1 Å². The highest BCUT2D eigenvalue weighted by Crippen LogP contribution is 2.27. The number of aliphatic hydroxyl groups excluding tert-OH is 1. The van der Waals surface area contributed by atoms with Gasteiger partial charge in [-0.05, 0) is 49.9 Å². The largest absolute Gasteiger partial charge is 0.493 e. The van der Waals surface area contributed by atoms with Crippen molar-refractivity contribution in [3.8, 4) is 5.75 Å². The molecule has 3 heteroatoms. The van der Waals surface area contributed by atoms with Gasteiger partial charge >= 0.3 is 0 Å². The fraction of sp³-hybridized carbons (Fsp3) is 0.500. The maximum atomic E-state index is 8.64. The van der Waals surface area contributed by atoms with Crippen molar-refractivity contribution in [1.29, 1.82) is 0 Å². The van der Waals surface area contributed by atoms with Crippen molar-refractivity contribution >= 4 is 11.6 Å². The van der Waals surface area contributed by atoms with E-state index < -0.39 is 0 Å². The van der Waals surface area contributed by atoms with Crippen molar-refractivity contribution in [3.05, 3.63) is 28.3 Å². The van der Waals surface area contributed by atoms with Gasteiger partial charge in [0, 0.05) is 11.6 Å². The number of ether oxygens (including phenoxy) is 1. The highest BCUT2D eigenvalue weighted by atomic mass is 35.5. The fourth-order valence-electron chi connectivity index (χ4n) is 1.51. The smallest absolute Gasteiger partial charge is 0.125 e. The molecule has 0 amide bonds. The Kier molecular flexibility index (Phi) is 4.92. The zero-order chi connectivity index (χ0) is 11.3. The molecule has 0 unspecified atom stereocenters. The molecule has 0 bridgehead atoms. The molecule has 0 heterocycles. The van der Waals surface area contributed by atoms with Gasteiger partial charge in [0.2, 0.25) is 0 Å². The number of aliphatic hydroxyl groups is 1. The molecule has 0 saturated heterocycles. The summed E-state index contributed by atoms with van der Waals surface area (Å²) in [5.41, 5.74) is 2.12. The second-order valence-electron chi connectivity index (χ2n) is 3.65. The molecule has 0 aromatic heterocycles. The van der Waals surface area contributed by atoms with Gasteiger partial charge in [-0.15, -0.1) is 0 Å². The van der Waals surface area contributed by atoms with Gasteiger partial charge < -0.3 is 9.84 Å². The standard InChI is InChI=1S/C12H17ClO2/c1-9-7-11(13)8-10(2)12(9)15-6-4-3-5-14/h7-8,14H,3-6H2,1-2H3. The van der Waals surface area contributed by atoms with Gasteiger partial charge in [0.15, 0.2) is 0 Å². The van der Waals surface area contributed by atoms with Crippen LogP contribution in [0, 0.1) is 13.8 Å². The Morgan fingerprint density at radius 2 is 1.80 bits per heavy atom. The molecule has 0 aliphatic heterocycles. The van der Waals surface area contributed by atoms with Crippen LogP contribution in [0.3, 0.4) is 0 Å². The second kappa shape index (κ2) is 5.99. The number of hydrogen-bond acceptors (Lipinski definition) is 2. The average Bonchev–Trinajstić information content (AvgIpc) is 2.15. The lowest BCUT2D eigenvalue weighted by Gasteiger charge is -2.12. The molecule has 0 aliphatic carbocycles. The summed E-state index contributed by atoms with van der Waals surface area (Å²) in [7, 11) is 0. The molecule has 1 rings (SSSR count). The lowest BCUT2D eigenvalue weighted by molar-refractivity contribution is 0.252. The van der Waals surface area contributed by atoms with E-state index in [1.807, 2.05) is 26.0 Å². The number of benzene rings is 1. The summed E-state index contributed by atoms with van der Waals surface area (Å²) >= 11 is 5.92. The first-order chi connectivity index (χ1) is 7.15. The van der Waals surface area contributed by atoms with Crippen LogP contribution in [0.25, 0.3) is 0 Å². The molecule has 0 aliphatic rings. The van der Waals surface area contributed by atoms with Crippen LogP contribution in [0.4, 0.5) is 0 Å². The predicted molar refractivity (Wildman–Crippen MR) is 62.7 cm³/mol. The topological polar surface area (TPSA) is 29.5 Å². The van der Waals surface area contributed by atoms with Crippen LogP contribution in [0.5, 0.6) is 5.75 Å². The molecule has 0 saturated carbocycles. The first-order valence-corrected chi connectivity index (χ1v) is 5.53. The summed E-state index contributed by atoms with van der Waals surface area (Å²) in [4.78, 5) is 0. The maximum absolute atomic E-state index is 8.64. The normalized spacial score (nSPS) is 10.4. The Bertz CT molecular complexity index is 300. The van der Waals surface area contributed by atoms with Crippen LogP contribution < -0.4 is 4.74 Å². The van der Waals surface area contributed by atoms with Crippen molar-refractivity contribution < 1.29 is 9.84 Å². The Hall–Kier alpha value is -0.730. The van der Waals surface area contributed by atoms with E-state index in [1.165, 1.54) is 0 Å². The van der Waals surface area contributed by atoms with Crippen LogP contribution in [-0.2, 0) is 0 Å². The molecule has 0 fully saturated rings. The Balaban J connectivity index is 2.60. The van der Waals surface area contributed by atoms with E-state index in [0.29, 0.717) is 6.61 Å². The van der Waals surface area contributed by atoms with Crippen molar-refractivity contribution in [2.45, 2.75) is 26.7 Å². The third-order valence-corrected chi connectivity index (χ3v) is 2.44. The van der Waals surface area contributed by atoms with Gasteiger partial charge in [-0.2, -0.15) is 0 Å². The fourth-order valence-corrected chi connectivity index (χ4v) is 1.84. The number of rotatable bonds is 5. The zero-order valence-electron chi connectivity index (χ0n) is 9.22. The van der Waals surface area contributed by atoms with Gasteiger partial charge in [0.1, 0.15) is 5.75 Å². The number of halogens is 1. The van der Waals surface area contributed by atoms with E-state index in [4.69, 9.17) is 21.4 Å². The molecule has 84 valence electrons. The van der Waals surface area contributed by atoms with E-state index in [0.717, 1.165) is 34.7 Å². The van der Waals surface area contributed by atoms with E-state index in [-0.39, 0.29) is 6.61 Å². The number of aryl methyl sites for hydroxylation is 2. The highest BCUT2D eigenvalue weighted by Gasteiger charge is 2.05. The van der Waals surface area contributed by atoms with E-state index in [2.05, 4.69) is 0 Å². The second-order valence-corrected chi connectivity index (χ2v) is 4.08. The molecule has 0 atom stereocenters. The first kappa shape index (κ1) is 12.3. The third-order valence-electron chi connectivity index (χ3n) is 2.22. The molecule has 1 aromatic rings. The summed E-state index contributed by atoms with van der Waals surface area (Å²) in [5, 5.41) is 9.38. The van der Waals surface area contributed by atoms with E-state index >= 15 is 0 Å². The maximum Gasteiger partial charge on any atom is 0.125 e. The monoisotopic (exact) mass is 228 g/mol. The van der Waals surface area contributed by atoms with Crippen molar-refractivity contribution in [1.82, 2.24) is 0 Å². The minimum absolute atomic E-state index is 0.224. The van der Waals surface area contributed by atoms with Gasteiger partial charge in [-0.3, -0.25) is 0 Å². The van der Waals surface area contributed by atoms with Gasteiger partial charge in [0.05, 0.1) is 6.61 Å². The predicted octanol–water partition coefficient (Wildman–Crippen LogP) is 3.11. The summed E-state index contributed by atoms with van der Waals surface area (Å²) in [6, 6.07) is 3.80. The summed E-state index contributed by atoms with van der Waals surface area (Å²) < 4.78 is 5.65. The van der Waals surface area contributed by atoms with Crippen molar-refractivity contribution in [2.24, 2.45) is 0 Å². The minimum Gasteiger partial charge on any atom is -0.493 e. The first-order valence-electron chi connectivity index (χ1n) is 5.15. The number of unbranched alkanes of at least 4 members (excludes halogenated alkanes) is 1. The summed E-state index contributed by atoms with van der Waals surface area (Å²) in [6.45, 7) is 4.84. The Morgan fingerprint density at radius 3 is 2.33 bits per heavy atom. The molecular formula is C12H17ClO2. The van der Waals surface area contributed by atoms with E-state index in [9.17, 15) is 0 Å². The van der Waals surface area contributed by atoms with Crippen molar-refractivity contribution in [2.75, 3.05) is 13.2 Å². The molecule has 0 radical (unpaired) electrons. The van der Waals surface area contributed by atoms with Crippen LogP contribution in [0.1, 0.15) is 24.0 Å². The van der Waals surface area contributed by atoms with Crippen LogP contribution in [0.2, 0.25) is 5.02 Å². The molecule has 15 heavy (non-hydrogen) atoms. The number of hydrogen-bond donors (Lipinski definition) is 1. The average molecular weight is 229 g/mol. The molecule has 0 spiro atoms. The molecule has 1 aromatic carbocycles. The Morgan fingerprint density at radius 1 is 1.20 bits per heavy atom. The summed E-state index contributed by atoms with van der Waals surface area (Å²) in [6.07, 6.45) is 1.66. The van der Waals surface area contributed by atoms with E-state index in [1.54, 1.807) is 0 Å². The van der Waals surface area contributed by atoms with Gasteiger partial charge in [-0.25, -0.2) is 0 Å². The SMILES string of the molecule is Cc1cc(Cl)cc(C)c1OCCCCO. The summed E-state index contributed by atoms with van der Waals surface area (Å²) in [5.74, 6) is 0.914. The van der Waals surface area contributed by atoms with Crippen molar-refractivity contribution in [3.63, 3.8) is 0 Å². The molecule has 2 nitrogen and oxygen atoms in total. The highest BCUT2D eigenvalue weighted by molar-refractivity contribution is 6.30. The lowest BCUT2D eigenvalue weighted by atomic mass is 10.1. The quantitative estimate of drug-likeness (QED) is 0.785. The lowest BCUT2D eigenvalue weighted by Crippen LogP contribution is -2.01. The Labute approximate surface area is 95.8 Å². The zero-order valence-corrected chi connectivity index (χ0v) is 9.97.